The number of hydrogen-bond acceptors (Lipinski definition) is 2. The molecular formula is C16H19NO. The normalized spacial score (nSPS) is 9.28. The van der Waals surface area contributed by atoms with Crippen molar-refractivity contribution in [3.63, 3.8) is 0 Å². The molecule has 18 heavy (non-hydrogen) atoms. The molecule has 1 aromatic carbocycles. The molecule has 0 aliphatic rings. The second kappa shape index (κ2) is 6.60. The summed E-state index contributed by atoms with van der Waals surface area (Å²) in [6, 6.07) is 10.0. The van der Waals surface area contributed by atoms with Crippen molar-refractivity contribution in [1.82, 2.24) is 0 Å². The Morgan fingerprint density at radius 1 is 1.17 bits per heavy atom. The number of aliphatic imine (C=N–C) groups is 1. The van der Waals surface area contributed by atoms with Crippen LogP contribution in [0.1, 0.15) is 25.2 Å². The van der Waals surface area contributed by atoms with E-state index in [0.29, 0.717) is 5.76 Å². The Morgan fingerprint density at radius 3 is 2.22 bits per heavy atom. The molecule has 2 aromatic rings. The first kappa shape index (κ1) is 14.0. The van der Waals surface area contributed by atoms with Crippen LogP contribution in [0.4, 0.5) is 5.69 Å². The SMILES string of the molecule is C=Cc1oc(-c2ccc(C)cc2)cc1N=C.CC. The molecule has 0 aliphatic carbocycles. The highest BCUT2D eigenvalue weighted by atomic mass is 16.3. The lowest BCUT2D eigenvalue weighted by molar-refractivity contribution is 0.572. The Kier molecular flexibility index (Phi) is 5.12. The maximum absolute atomic E-state index is 5.63. The lowest BCUT2D eigenvalue weighted by atomic mass is 10.1. The third-order valence-corrected chi connectivity index (χ3v) is 2.43. The van der Waals surface area contributed by atoms with Crippen LogP contribution in [0.5, 0.6) is 0 Å². The van der Waals surface area contributed by atoms with Gasteiger partial charge in [0.25, 0.3) is 0 Å². The van der Waals surface area contributed by atoms with Gasteiger partial charge in [0.2, 0.25) is 0 Å². The van der Waals surface area contributed by atoms with Gasteiger partial charge in [0.1, 0.15) is 11.4 Å². The summed E-state index contributed by atoms with van der Waals surface area (Å²) in [4.78, 5) is 3.89. The van der Waals surface area contributed by atoms with Gasteiger partial charge in [-0.05, 0) is 19.7 Å². The van der Waals surface area contributed by atoms with Gasteiger partial charge in [-0.25, -0.2) is 0 Å². The van der Waals surface area contributed by atoms with Gasteiger partial charge in [-0.1, -0.05) is 50.3 Å². The van der Waals surface area contributed by atoms with E-state index in [1.54, 1.807) is 6.08 Å². The summed E-state index contributed by atoms with van der Waals surface area (Å²) in [6.45, 7) is 13.2. The van der Waals surface area contributed by atoms with Crippen LogP contribution in [-0.2, 0) is 0 Å². The lowest BCUT2D eigenvalue weighted by Crippen LogP contribution is -1.74. The molecule has 2 heteroatoms. The number of benzene rings is 1. The Hall–Kier alpha value is -2.09. The highest BCUT2D eigenvalue weighted by Crippen LogP contribution is 2.31. The van der Waals surface area contributed by atoms with E-state index in [9.17, 15) is 0 Å². The average Bonchev–Trinajstić information content (AvgIpc) is 2.85. The van der Waals surface area contributed by atoms with Gasteiger partial charge in [-0.3, -0.25) is 4.99 Å². The quantitative estimate of drug-likeness (QED) is 0.673. The van der Waals surface area contributed by atoms with E-state index >= 15 is 0 Å². The van der Waals surface area contributed by atoms with E-state index in [0.717, 1.165) is 17.0 Å². The zero-order valence-electron chi connectivity index (χ0n) is 11.2. The van der Waals surface area contributed by atoms with E-state index in [-0.39, 0.29) is 0 Å². The molecule has 0 N–H and O–H groups in total. The minimum absolute atomic E-state index is 0.658. The highest BCUT2D eigenvalue weighted by Gasteiger charge is 2.08. The van der Waals surface area contributed by atoms with Gasteiger partial charge in [-0.2, -0.15) is 0 Å². The molecule has 1 heterocycles. The number of hydrogen-bond donors (Lipinski definition) is 0. The molecule has 0 atom stereocenters. The molecule has 94 valence electrons. The predicted octanol–water partition coefficient (Wildman–Crippen LogP) is 5.26. The van der Waals surface area contributed by atoms with E-state index in [1.807, 2.05) is 44.2 Å². The second-order valence-corrected chi connectivity index (χ2v) is 3.59. The largest absolute Gasteiger partial charge is 0.454 e. The Labute approximate surface area is 109 Å². The summed E-state index contributed by atoms with van der Waals surface area (Å²) in [6.07, 6.45) is 1.64. The molecule has 0 radical (unpaired) electrons. The van der Waals surface area contributed by atoms with Gasteiger partial charge in [0, 0.05) is 11.6 Å². The van der Waals surface area contributed by atoms with E-state index in [4.69, 9.17) is 4.42 Å². The molecule has 0 spiro atoms. The van der Waals surface area contributed by atoms with Gasteiger partial charge >= 0.3 is 0 Å². The van der Waals surface area contributed by atoms with Crippen LogP contribution in [0.15, 0.2) is 46.3 Å². The molecule has 2 rings (SSSR count). The molecule has 0 saturated heterocycles. The third-order valence-electron chi connectivity index (χ3n) is 2.43. The van der Waals surface area contributed by atoms with Crippen LogP contribution in [-0.4, -0.2) is 6.72 Å². The topological polar surface area (TPSA) is 25.5 Å². The smallest absolute Gasteiger partial charge is 0.152 e. The maximum Gasteiger partial charge on any atom is 0.152 e. The standard InChI is InChI=1S/C14H13NO.C2H6/c1-4-13-12(15-3)9-14(16-13)11-7-5-10(2)6-8-11;1-2/h4-9H,1,3H2,2H3;1-2H3. The van der Waals surface area contributed by atoms with Crippen LogP contribution in [0.3, 0.4) is 0 Å². The van der Waals surface area contributed by atoms with E-state index in [2.05, 4.69) is 25.2 Å². The van der Waals surface area contributed by atoms with Crippen molar-refractivity contribution in [2.24, 2.45) is 4.99 Å². The van der Waals surface area contributed by atoms with Crippen molar-refractivity contribution < 1.29 is 4.42 Å². The van der Waals surface area contributed by atoms with Crippen molar-refractivity contribution in [2.45, 2.75) is 20.8 Å². The van der Waals surface area contributed by atoms with Crippen molar-refractivity contribution in [1.29, 1.82) is 0 Å². The number of rotatable bonds is 3. The van der Waals surface area contributed by atoms with Crippen LogP contribution in [0, 0.1) is 6.92 Å². The average molecular weight is 241 g/mol. The Morgan fingerprint density at radius 2 is 1.78 bits per heavy atom. The van der Waals surface area contributed by atoms with E-state index < -0.39 is 0 Å². The fraction of sp³-hybridized carbons (Fsp3) is 0.188. The Balaban J connectivity index is 0.000000771. The fourth-order valence-corrected chi connectivity index (χ4v) is 1.53. The lowest BCUT2D eigenvalue weighted by Gasteiger charge is -1.96. The first-order chi connectivity index (χ1) is 8.74. The summed E-state index contributed by atoms with van der Waals surface area (Å²) >= 11 is 0. The first-order valence-corrected chi connectivity index (χ1v) is 6.04. The highest BCUT2D eigenvalue weighted by molar-refractivity contribution is 5.69. The van der Waals surface area contributed by atoms with Crippen molar-refractivity contribution >= 4 is 18.5 Å². The van der Waals surface area contributed by atoms with Crippen molar-refractivity contribution in [3.05, 3.63) is 48.2 Å². The second-order valence-electron chi connectivity index (χ2n) is 3.59. The number of aryl methyl sites for hydroxylation is 1. The Bertz CT molecular complexity index is 495. The third kappa shape index (κ3) is 2.98. The van der Waals surface area contributed by atoms with Crippen LogP contribution in [0.2, 0.25) is 0 Å². The monoisotopic (exact) mass is 241 g/mol. The molecule has 0 bridgehead atoms. The van der Waals surface area contributed by atoms with Crippen molar-refractivity contribution in [2.75, 3.05) is 0 Å². The van der Waals surface area contributed by atoms with Crippen molar-refractivity contribution in [3.8, 4) is 11.3 Å². The van der Waals surface area contributed by atoms with Gasteiger partial charge in [-0.15, -0.1) is 0 Å². The van der Waals surface area contributed by atoms with Crippen LogP contribution < -0.4 is 0 Å². The molecule has 0 aliphatic heterocycles. The molecule has 2 nitrogen and oxygen atoms in total. The van der Waals surface area contributed by atoms with Gasteiger partial charge in [0.05, 0.1) is 0 Å². The van der Waals surface area contributed by atoms with E-state index in [1.165, 1.54) is 5.56 Å². The fourth-order valence-electron chi connectivity index (χ4n) is 1.53. The first-order valence-electron chi connectivity index (χ1n) is 6.04. The molecular weight excluding hydrogens is 222 g/mol. The van der Waals surface area contributed by atoms with Crippen LogP contribution >= 0.6 is 0 Å². The zero-order chi connectivity index (χ0) is 13.5. The summed E-state index contributed by atoms with van der Waals surface area (Å²) < 4.78 is 5.63. The minimum Gasteiger partial charge on any atom is -0.454 e. The summed E-state index contributed by atoms with van der Waals surface area (Å²) in [5.41, 5.74) is 2.98. The number of nitrogens with zero attached hydrogens (tertiary/aromatic N) is 1. The van der Waals surface area contributed by atoms with Gasteiger partial charge < -0.3 is 4.42 Å². The molecule has 1 aromatic heterocycles. The summed E-state index contributed by atoms with van der Waals surface area (Å²) in [5, 5.41) is 0. The summed E-state index contributed by atoms with van der Waals surface area (Å²) in [7, 11) is 0. The maximum atomic E-state index is 5.63. The molecule has 0 saturated carbocycles. The summed E-state index contributed by atoms with van der Waals surface area (Å²) in [5.74, 6) is 1.45. The predicted molar refractivity (Wildman–Crippen MR) is 79.5 cm³/mol. The minimum atomic E-state index is 0.658. The van der Waals surface area contributed by atoms with Crippen LogP contribution in [0.25, 0.3) is 17.4 Å². The molecule has 0 unspecified atom stereocenters. The molecule has 0 amide bonds. The molecule has 0 fully saturated rings. The number of furan rings is 1. The van der Waals surface area contributed by atoms with Gasteiger partial charge in [0.15, 0.2) is 5.76 Å². The zero-order valence-corrected chi connectivity index (χ0v) is 11.2.